The summed E-state index contributed by atoms with van der Waals surface area (Å²) in [6.45, 7) is 20.5. The molecule has 0 aromatic carbocycles. The number of hydrogen-bond donors (Lipinski definition) is 0. The van der Waals surface area contributed by atoms with Gasteiger partial charge in [0.2, 0.25) is 0 Å². The summed E-state index contributed by atoms with van der Waals surface area (Å²) in [7, 11) is -1.94. The Bertz CT molecular complexity index is 477. The number of rotatable bonds is 6. The SMILES string of the molecule is CC(C)[Si](OC1=C[C@H](N=[N+]=[N-])[C@H](C(C)(C)C)CC1)(C(C)C)C(C)C. The van der Waals surface area contributed by atoms with Crippen LogP contribution in [0.15, 0.2) is 16.9 Å². The molecule has 0 unspecified atom stereocenters. The summed E-state index contributed by atoms with van der Waals surface area (Å²) in [5.74, 6) is 1.43. The third kappa shape index (κ3) is 4.37. The molecule has 0 heterocycles. The Balaban J connectivity index is 3.19. The van der Waals surface area contributed by atoms with Crippen LogP contribution in [-0.2, 0) is 4.43 Å². The van der Waals surface area contributed by atoms with E-state index in [1.54, 1.807) is 0 Å². The molecule has 0 aromatic heterocycles. The van der Waals surface area contributed by atoms with Crippen LogP contribution < -0.4 is 0 Å². The second-order valence-electron chi connectivity index (χ2n) is 9.26. The fourth-order valence-corrected chi connectivity index (χ4v) is 9.97. The van der Waals surface area contributed by atoms with Crippen molar-refractivity contribution in [2.75, 3.05) is 0 Å². The quantitative estimate of drug-likeness (QED) is 0.216. The molecule has 24 heavy (non-hydrogen) atoms. The average Bonchev–Trinajstić information content (AvgIpc) is 2.42. The lowest BCUT2D eigenvalue weighted by molar-refractivity contribution is 0.183. The highest BCUT2D eigenvalue weighted by Crippen LogP contribution is 2.46. The van der Waals surface area contributed by atoms with E-state index >= 15 is 0 Å². The second kappa shape index (κ2) is 7.96. The zero-order valence-electron chi connectivity index (χ0n) is 17.1. The first-order valence-corrected chi connectivity index (χ1v) is 11.5. The van der Waals surface area contributed by atoms with E-state index in [1.165, 1.54) is 0 Å². The van der Waals surface area contributed by atoms with Gasteiger partial charge in [-0.25, -0.2) is 0 Å². The van der Waals surface area contributed by atoms with Crippen molar-refractivity contribution >= 4 is 8.32 Å². The van der Waals surface area contributed by atoms with Gasteiger partial charge in [0.05, 0.1) is 11.8 Å². The van der Waals surface area contributed by atoms with Gasteiger partial charge >= 0.3 is 0 Å². The standard InChI is InChI=1S/C19H37N3OSi/c1-13(2)24(14(3)4,15(5)6)23-16-10-11-17(19(7,8)9)18(12-16)21-22-20/h12-15,17-18H,10-11H2,1-9H3/t17-,18+/m1/s1. The third-order valence-electron chi connectivity index (χ3n) is 5.78. The summed E-state index contributed by atoms with van der Waals surface area (Å²) in [6.07, 6.45) is 4.10. The van der Waals surface area contributed by atoms with Crippen LogP contribution in [0.4, 0.5) is 0 Å². The van der Waals surface area contributed by atoms with Crippen LogP contribution >= 0.6 is 0 Å². The number of hydrogen-bond acceptors (Lipinski definition) is 2. The molecule has 0 N–H and O–H groups in total. The number of allylic oxidation sites excluding steroid dienone is 1. The first kappa shape index (κ1) is 21.1. The molecule has 2 atom stereocenters. The summed E-state index contributed by atoms with van der Waals surface area (Å²) in [6, 6.07) is -0.100. The lowest BCUT2D eigenvalue weighted by atomic mass is 9.72. The molecule has 1 rings (SSSR count). The van der Waals surface area contributed by atoms with Gasteiger partial charge in [-0.1, -0.05) is 67.4 Å². The summed E-state index contributed by atoms with van der Waals surface area (Å²) in [4.78, 5) is 3.10. The Hall–Kier alpha value is -0.933. The summed E-state index contributed by atoms with van der Waals surface area (Å²) in [5, 5.41) is 4.09. The van der Waals surface area contributed by atoms with Crippen LogP contribution in [0.5, 0.6) is 0 Å². The Morgan fingerprint density at radius 2 is 1.62 bits per heavy atom. The van der Waals surface area contributed by atoms with E-state index in [0.717, 1.165) is 18.6 Å². The normalized spacial score (nSPS) is 22.6. The van der Waals surface area contributed by atoms with Gasteiger partial charge in [-0.15, -0.1) is 0 Å². The predicted molar refractivity (Wildman–Crippen MR) is 105 cm³/mol. The van der Waals surface area contributed by atoms with E-state index in [-0.39, 0.29) is 11.5 Å². The van der Waals surface area contributed by atoms with Crippen molar-refractivity contribution in [1.29, 1.82) is 0 Å². The Labute approximate surface area is 149 Å². The van der Waals surface area contributed by atoms with Crippen molar-refractivity contribution in [1.82, 2.24) is 0 Å². The molecule has 4 nitrogen and oxygen atoms in total. The maximum absolute atomic E-state index is 8.98. The summed E-state index contributed by atoms with van der Waals surface area (Å²) in [5.41, 5.74) is 10.8. The van der Waals surface area contributed by atoms with Crippen LogP contribution in [0, 0.1) is 11.3 Å². The van der Waals surface area contributed by atoms with Gasteiger partial charge in [-0.05, 0) is 46.0 Å². The van der Waals surface area contributed by atoms with Gasteiger partial charge in [0.15, 0.2) is 0 Å². The van der Waals surface area contributed by atoms with Gasteiger partial charge in [0, 0.05) is 11.3 Å². The molecule has 0 fully saturated rings. The lowest BCUT2D eigenvalue weighted by Crippen LogP contribution is -2.48. The van der Waals surface area contributed by atoms with E-state index in [0.29, 0.717) is 22.5 Å². The zero-order valence-corrected chi connectivity index (χ0v) is 18.1. The van der Waals surface area contributed by atoms with Crippen molar-refractivity contribution in [3.8, 4) is 0 Å². The molecule has 0 amide bonds. The fraction of sp³-hybridized carbons (Fsp3) is 0.895. The highest BCUT2D eigenvalue weighted by Gasteiger charge is 2.48. The molecule has 0 aromatic rings. The van der Waals surface area contributed by atoms with Crippen LogP contribution in [0.1, 0.15) is 75.2 Å². The van der Waals surface area contributed by atoms with E-state index in [9.17, 15) is 0 Å². The Kier molecular flexibility index (Phi) is 7.01. The molecule has 0 saturated carbocycles. The van der Waals surface area contributed by atoms with Crippen LogP contribution in [0.2, 0.25) is 16.6 Å². The van der Waals surface area contributed by atoms with Gasteiger partial charge in [0.25, 0.3) is 8.32 Å². The smallest absolute Gasteiger partial charge is 0.258 e. The van der Waals surface area contributed by atoms with Gasteiger partial charge in [-0.2, -0.15) is 0 Å². The van der Waals surface area contributed by atoms with Crippen molar-refractivity contribution < 1.29 is 4.43 Å². The minimum Gasteiger partial charge on any atom is -0.546 e. The zero-order chi connectivity index (χ0) is 18.7. The highest BCUT2D eigenvalue weighted by atomic mass is 28.4. The first-order chi connectivity index (χ1) is 11.0. The van der Waals surface area contributed by atoms with Gasteiger partial charge in [-0.3, -0.25) is 0 Å². The molecule has 0 spiro atoms. The molecular formula is C19H37N3OSi. The van der Waals surface area contributed by atoms with Gasteiger partial charge in [0.1, 0.15) is 0 Å². The Morgan fingerprint density at radius 1 is 1.12 bits per heavy atom. The molecule has 1 aliphatic rings. The van der Waals surface area contributed by atoms with Crippen molar-refractivity contribution in [3.63, 3.8) is 0 Å². The maximum Gasteiger partial charge on any atom is 0.258 e. The van der Waals surface area contributed by atoms with Crippen LogP contribution in [0.3, 0.4) is 0 Å². The molecular weight excluding hydrogens is 314 g/mol. The molecule has 5 heteroatoms. The Morgan fingerprint density at radius 3 is 2.00 bits per heavy atom. The molecule has 0 radical (unpaired) electrons. The molecule has 0 saturated heterocycles. The molecule has 0 aliphatic heterocycles. The average molecular weight is 352 g/mol. The van der Waals surface area contributed by atoms with E-state index in [1.807, 2.05) is 0 Å². The van der Waals surface area contributed by atoms with E-state index in [2.05, 4.69) is 78.4 Å². The van der Waals surface area contributed by atoms with Crippen LogP contribution in [-0.4, -0.2) is 14.4 Å². The van der Waals surface area contributed by atoms with Crippen LogP contribution in [0.25, 0.3) is 10.4 Å². The number of azide groups is 1. The van der Waals surface area contributed by atoms with E-state index < -0.39 is 8.32 Å². The minimum absolute atomic E-state index is 0.100. The first-order valence-electron chi connectivity index (χ1n) is 9.40. The van der Waals surface area contributed by atoms with Gasteiger partial charge < -0.3 is 4.43 Å². The van der Waals surface area contributed by atoms with E-state index in [4.69, 9.17) is 9.96 Å². The predicted octanol–water partition coefficient (Wildman–Crippen LogP) is 7.20. The summed E-state index contributed by atoms with van der Waals surface area (Å²) < 4.78 is 6.82. The van der Waals surface area contributed by atoms with Crippen molar-refractivity contribution in [2.45, 2.75) is 97.8 Å². The largest absolute Gasteiger partial charge is 0.546 e. The second-order valence-corrected chi connectivity index (χ2v) is 14.6. The minimum atomic E-state index is -1.94. The van der Waals surface area contributed by atoms with Crippen molar-refractivity contribution in [3.05, 3.63) is 22.3 Å². The maximum atomic E-state index is 8.98. The monoisotopic (exact) mass is 351 g/mol. The van der Waals surface area contributed by atoms with Crippen molar-refractivity contribution in [2.24, 2.45) is 16.4 Å². The highest BCUT2D eigenvalue weighted by molar-refractivity contribution is 6.77. The molecule has 138 valence electrons. The summed E-state index contributed by atoms with van der Waals surface area (Å²) >= 11 is 0. The number of nitrogens with zero attached hydrogens (tertiary/aromatic N) is 3. The molecule has 0 bridgehead atoms. The third-order valence-corrected chi connectivity index (χ3v) is 11.8. The topological polar surface area (TPSA) is 58.0 Å². The fourth-order valence-electron chi connectivity index (χ4n) is 4.64. The lowest BCUT2D eigenvalue weighted by Gasteiger charge is -2.45. The molecule has 1 aliphatic carbocycles.